The highest BCUT2D eigenvalue weighted by molar-refractivity contribution is 6.30. The third-order valence-corrected chi connectivity index (χ3v) is 3.86. The van der Waals surface area contributed by atoms with Crippen LogP contribution in [0, 0.1) is 0 Å². The number of hydrogen-bond acceptors (Lipinski definition) is 6. The number of likely N-dealkylation sites (N-methyl/N-ethyl adjacent to an activating group) is 1. The zero-order chi connectivity index (χ0) is 21.8. The van der Waals surface area contributed by atoms with Gasteiger partial charge in [-0.25, -0.2) is 4.79 Å². The van der Waals surface area contributed by atoms with E-state index in [0.717, 1.165) is 22.8 Å². The van der Waals surface area contributed by atoms with E-state index in [-0.39, 0.29) is 6.10 Å². The summed E-state index contributed by atoms with van der Waals surface area (Å²) in [4.78, 5) is 25.9. The monoisotopic (exact) mass is 424 g/mol. The summed E-state index contributed by atoms with van der Waals surface area (Å²) in [5, 5.41) is 24.9. The number of aliphatic hydroxyl groups excluding tert-OH is 1. The number of aromatic nitrogens is 1. The van der Waals surface area contributed by atoms with Gasteiger partial charge in [-0.05, 0) is 43.9 Å². The molecule has 8 nitrogen and oxygen atoms in total. The maximum atomic E-state index is 9.72. The first kappa shape index (κ1) is 24.5. The number of nitrogens with zero attached hydrogens (tertiary/aromatic N) is 2. The number of aliphatic hydroxyl groups is 1. The van der Waals surface area contributed by atoms with E-state index >= 15 is 0 Å². The number of halogens is 1. The van der Waals surface area contributed by atoms with Crippen molar-refractivity contribution in [2.75, 3.05) is 27.2 Å². The predicted molar refractivity (Wildman–Crippen MR) is 108 cm³/mol. The second-order valence-corrected chi connectivity index (χ2v) is 6.75. The standard InChI is InChI=1S/C16H19ClN2O.C4H6O5/c1-19(2)11-12-20-16(15-5-3-4-10-18-15)13-6-8-14(17)9-7-13;5-2(4(8)9)1-3(6)7/h3-10,16H,11-12H2,1-2H3;2,5H,1H2,(H,6,7)(H,8,9). The van der Waals surface area contributed by atoms with Gasteiger partial charge in [0, 0.05) is 17.8 Å². The molecule has 0 radical (unpaired) electrons. The van der Waals surface area contributed by atoms with Crippen molar-refractivity contribution >= 4 is 23.5 Å². The molecule has 0 aliphatic heterocycles. The Morgan fingerprint density at radius 2 is 1.79 bits per heavy atom. The number of carbonyl (C=O) groups is 2. The summed E-state index contributed by atoms with van der Waals surface area (Å²) >= 11 is 5.95. The first-order valence-electron chi connectivity index (χ1n) is 8.76. The molecule has 0 fully saturated rings. The van der Waals surface area contributed by atoms with Crippen molar-refractivity contribution in [3.63, 3.8) is 0 Å². The molecule has 0 bridgehead atoms. The number of aliphatic carboxylic acids is 2. The van der Waals surface area contributed by atoms with E-state index in [0.29, 0.717) is 6.61 Å². The zero-order valence-electron chi connectivity index (χ0n) is 16.2. The third kappa shape index (κ3) is 10.00. The average Bonchev–Trinajstić information content (AvgIpc) is 2.66. The maximum absolute atomic E-state index is 9.72. The van der Waals surface area contributed by atoms with E-state index in [1.54, 1.807) is 6.20 Å². The van der Waals surface area contributed by atoms with Gasteiger partial charge in [0.2, 0.25) is 0 Å². The molecule has 1 aromatic heterocycles. The lowest BCUT2D eigenvalue weighted by molar-refractivity contribution is -0.152. The second kappa shape index (κ2) is 12.8. The Balaban J connectivity index is 0.000000396. The van der Waals surface area contributed by atoms with E-state index < -0.39 is 24.5 Å². The Bertz CT molecular complexity index is 755. The second-order valence-electron chi connectivity index (χ2n) is 6.31. The topological polar surface area (TPSA) is 120 Å². The molecule has 2 aromatic rings. The Morgan fingerprint density at radius 3 is 2.24 bits per heavy atom. The molecule has 1 heterocycles. The molecule has 9 heteroatoms. The molecule has 29 heavy (non-hydrogen) atoms. The van der Waals surface area contributed by atoms with Gasteiger partial charge >= 0.3 is 11.9 Å². The van der Waals surface area contributed by atoms with Crippen LogP contribution in [-0.4, -0.2) is 70.5 Å². The number of carboxylic acids is 2. The highest BCUT2D eigenvalue weighted by Gasteiger charge is 2.16. The molecule has 3 N–H and O–H groups in total. The Morgan fingerprint density at radius 1 is 1.14 bits per heavy atom. The minimum Gasteiger partial charge on any atom is -0.481 e. The number of benzene rings is 1. The number of pyridine rings is 1. The smallest absolute Gasteiger partial charge is 0.333 e. The van der Waals surface area contributed by atoms with Gasteiger partial charge in [-0.15, -0.1) is 0 Å². The van der Waals surface area contributed by atoms with Crippen molar-refractivity contribution in [1.29, 1.82) is 0 Å². The van der Waals surface area contributed by atoms with E-state index in [2.05, 4.69) is 9.88 Å². The summed E-state index contributed by atoms with van der Waals surface area (Å²) in [5.74, 6) is -2.85. The number of hydrogen-bond donors (Lipinski definition) is 3. The number of carboxylic acid groups (broad SMARTS) is 2. The first-order chi connectivity index (χ1) is 13.7. The van der Waals surface area contributed by atoms with E-state index in [9.17, 15) is 9.59 Å². The van der Waals surface area contributed by atoms with E-state index in [1.165, 1.54) is 0 Å². The highest BCUT2D eigenvalue weighted by Crippen LogP contribution is 2.25. The zero-order valence-corrected chi connectivity index (χ0v) is 17.0. The van der Waals surface area contributed by atoms with Crippen LogP contribution in [0.2, 0.25) is 5.02 Å². The molecular weight excluding hydrogens is 400 g/mol. The molecule has 0 aliphatic carbocycles. The van der Waals surface area contributed by atoms with Gasteiger partial charge in [0.15, 0.2) is 6.10 Å². The molecule has 158 valence electrons. The maximum Gasteiger partial charge on any atom is 0.333 e. The fourth-order valence-corrected chi connectivity index (χ4v) is 2.25. The largest absolute Gasteiger partial charge is 0.481 e. The van der Waals surface area contributed by atoms with Crippen molar-refractivity contribution in [3.8, 4) is 0 Å². The molecule has 0 saturated carbocycles. The molecule has 2 atom stereocenters. The summed E-state index contributed by atoms with van der Waals surface area (Å²) in [6, 6.07) is 13.6. The summed E-state index contributed by atoms with van der Waals surface area (Å²) < 4.78 is 6.02. The summed E-state index contributed by atoms with van der Waals surface area (Å²) in [5.41, 5.74) is 1.97. The van der Waals surface area contributed by atoms with Gasteiger partial charge in [-0.3, -0.25) is 9.78 Å². The lowest BCUT2D eigenvalue weighted by Crippen LogP contribution is -2.22. The van der Waals surface area contributed by atoms with Crippen LogP contribution in [0.5, 0.6) is 0 Å². The molecule has 0 aliphatic rings. The van der Waals surface area contributed by atoms with Crippen LogP contribution in [0.3, 0.4) is 0 Å². The number of ether oxygens (including phenoxy) is 1. The van der Waals surface area contributed by atoms with Crippen molar-refractivity contribution in [2.45, 2.75) is 18.6 Å². The van der Waals surface area contributed by atoms with Crippen molar-refractivity contribution in [1.82, 2.24) is 9.88 Å². The molecule has 0 amide bonds. The van der Waals surface area contributed by atoms with Gasteiger partial charge < -0.3 is 25.0 Å². The number of rotatable bonds is 9. The third-order valence-electron chi connectivity index (χ3n) is 3.61. The van der Waals surface area contributed by atoms with Crippen LogP contribution in [0.25, 0.3) is 0 Å². The molecule has 0 spiro atoms. The fourth-order valence-electron chi connectivity index (χ4n) is 2.13. The summed E-state index contributed by atoms with van der Waals surface area (Å²) in [7, 11) is 4.06. The lowest BCUT2D eigenvalue weighted by atomic mass is 10.1. The van der Waals surface area contributed by atoms with Crippen LogP contribution in [0.15, 0.2) is 48.7 Å². The average molecular weight is 425 g/mol. The minimum absolute atomic E-state index is 0.159. The summed E-state index contributed by atoms with van der Waals surface area (Å²) in [6.07, 6.45) is -0.918. The normalized spacial score (nSPS) is 12.6. The first-order valence-corrected chi connectivity index (χ1v) is 9.14. The molecular formula is C20H25ClN2O6. The lowest BCUT2D eigenvalue weighted by Gasteiger charge is -2.19. The van der Waals surface area contributed by atoms with Gasteiger partial charge in [0.1, 0.15) is 6.10 Å². The van der Waals surface area contributed by atoms with Crippen LogP contribution in [-0.2, 0) is 14.3 Å². The predicted octanol–water partition coefficient (Wildman–Crippen LogP) is 2.31. The Hall–Kier alpha value is -2.52. The molecule has 2 unspecified atom stereocenters. The minimum atomic E-state index is -1.79. The van der Waals surface area contributed by atoms with Crippen LogP contribution >= 0.6 is 11.6 Å². The van der Waals surface area contributed by atoms with Crippen LogP contribution in [0.1, 0.15) is 23.8 Å². The van der Waals surface area contributed by atoms with E-state index in [1.807, 2.05) is 56.6 Å². The SMILES string of the molecule is CN(C)CCOC(c1ccc(Cl)cc1)c1ccccn1.O=C(O)CC(O)C(=O)O. The van der Waals surface area contributed by atoms with Gasteiger partial charge in [0.05, 0.1) is 18.7 Å². The Labute approximate surface area is 174 Å². The van der Waals surface area contributed by atoms with Gasteiger partial charge in [-0.2, -0.15) is 0 Å². The highest BCUT2D eigenvalue weighted by atomic mass is 35.5. The Kier molecular flexibility index (Phi) is 10.9. The van der Waals surface area contributed by atoms with E-state index in [4.69, 9.17) is 31.7 Å². The van der Waals surface area contributed by atoms with Crippen molar-refractivity contribution in [3.05, 3.63) is 64.9 Å². The molecule has 1 aromatic carbocycles. The van der Waals surface area contributed by atoms with Crippen molar-refractivity contribution < 1.29 is 29.6 Å². The van der Waals surface area contributed by atoms with Crippen molar-refractivity contribution in [2.24, 2.45) is 0 Å². The molecule has 2 rings (SSSR count). The van der Waals surface area contributed by atoms with Gasteiger partial charge in [0.25, 0.3) is 0 Å². The summed E-state index contributed by atoms with van der Waals surface area (Å²) in [6.45, 7) is 1.52. The van der Waals surface area contributed by atoms with Gasteiger partial charge in [-0.1, -0.05) is 29.8 Å². The fraction of sp³-hybridized carbons (Fsp3) is 0.350. The quantitative estimate of drug-likeness (QED) is 0.560. The van der Waals surface area contributed by atoms with Crippen LogP contribution in [0.4, 0.5) is 0 Å². The van der Waals surface area contributed by atoms with Crippen LogP contribution < -0.4 is 0 Å². The molecule has 0 saturated heterocycles.